The standard InChI is InChI=1S/C22H28N2O2/c1-3-12-22(18-8-7-11-20(15-18)26-2)13-14-24(17-22)16-21(25)23-19-9-5-4-6-10-19/h4-11,15H,3,12-14,16-17H2,1-2H3,(H,23,25). The van der Waals surface area contributed by atoms with Crippen molar-refractivity contribution in [2.75, 3.05) is 32.1 Å². The molecule has 1 unspecified atom stereocenters. The minimum Gasteiger partial charge on any atom is -0.497 e. The molecule has 1 heterocycles. The molecule has 1 aliphatic heterocycles. The second kappa shape index (κ2) is 8.37. The third kappa shape index (κ3) is 4.25. The summed E-state index contributed by atoms with van der Waals surface area (Å²) in [6.07, 6.45) is 3.32. The number of carbonyl (C=O) groups is 1. The van der Waals surface area contributed by atoms with Gasteiger partial charge in [-0.05, 0) is 49.2 Å². The van der Waals surface area contributed by atoms with Crippen LogP contribution in [0, 0.1) is 0 Å². The van der Waals surface area contributed by atoms with E-state index in [1.165, 1.54) is 5.56 Å². The number of methoxy groups -OCH3 is 1. The van der Waals surface area contributed by atoms with Gasteiger partial charge in [-0.25, -0.2) is 0 Å². The fraction of sp³-hybridized carbons (Fsp3) is 0.409. The Morgan fingerprint density at radius 2 is 2.00 bits per heavy atom. The Bertz CT molecular complexity index is 732. The maximum absolute atomic E-state index is 12.4. The third-order valence-corrected chi connectivity index (χ3v) is 5.27. The summed E-state index contributed by atoms with van der Waals surface area (Å²) in [5.41, 5.74) is 2.28. The number of hydrogen-bond donors (Lipinski definition) is 1. The molecule has 0 saturated carbocycles. The quantitative estimate of drug-likeness (QED) is 0.816. The molecule has 1 N–H and O–H groups in total. The van der Waals surface area contributed by atoms with E-state index in [1.54, 1.807) is 7.11 Å². The largest absolute Gasteiger partial charge is 0.497 e. The molecular formula is C22H28N2O2. The van der Waals surface area contributed by atoms with Crippen molar-refractivity contribution in [2.45, 2.75) is 31.6 Å². The van der Waals surface area contributed by atoms with E-state index >= 15 is 0 Å². The zero-order valence-corrected chi connectivity index (χ0v) is 15.7. The van der Waals surface area contributed by atoms with Crippen molar-refractivity contribution in [1.82, 2.24) is 4.90 Å². The maximum Gasteiger partial charge on any atom is 0.238 e. The molecule has 2 aromatic carbocycles. The number of benzene rings is 2. The Morgan fingerprint density at radius 1 is 1.19 bits per heavy atom. The lowest BCUT2D eigenvalue weighted by Gasteiger charge is -2.30. The monoisotopic (exact) mass is 352 g/mol. The van der Waals surface area contributed by atoms with Gasteiger partial charge in [0, 0.05) is 17.6 Å². The van der Waals surface area contributed by atoms with Crippen LogP contribution in [0.5, 0.6) is 5.75 Å². The van der Waals surface area contributed by atoms with Gasteiger partial charge in [-0.15, -0.1) is 0 Å². The summed E-state index contributed by atoms with van der Waals surface area (Å²) in [4.78, 5) is 14.7. The average molecular weight is 352 g/mol. The second-order valence-corrected chi connectivity index (χ2v) is 7.14. The zero-order valence-electron chi connectivity index (χ0n) is 15.7. The number of carbonyl (C=O) groups excluding carboxylic acids is 1. The van der Waals surface area contributed by atoms with E-state index < -0.39 is 0 Å². The molecule has 26 heavy (non-hydrogen) atoms. The highest BCUT2D eigenvalue weighted by Crippen LogP contribution is 2.39. The van der Waals surface area contributed by atoms with Crippen molar-refractivity contribution in [3.05, 3.63) is 60.2 Å². The van der Waals surface area contributed by atoms with Crippen LogP contribution in [0.3, 0.4) is 0 Å². The van der Waals surface area contributed by atoms with Crippen molar-refractivity contribution in [1.29, 1.82) is 0 Å². The smallest absolute Gasteiger partial charge is 0.238 e. The van der Waals surface area contributed by atoms with Gasteiger partial charge in [-0.1, -0.05) is 43.7 Å². The predicted molar refractivity (Wildman–Crippen MR) is 106 cm³/mol. The molecule has 1 fully saturated rings. The van der Waals surface area contributed by atoms with Crippen molar-refractivity contribution in [2.24, 2.45) is 0 Å². The molecule has 0 aromatic heterocycles. The third-order valence-electron chi connectivity index (χ3n) is 5.27. The number of likely N-dealkylation sites (tertiary alicyclic amines) is 1. The number of rotatable bonds is 7. The first-order chi connectivity index (χ1) is 12.6. The molecular weight excluding hydrogens is 324 g/mol. The molecule has 1 aliphatic rings. The van der Waals surface area contributed by atoms with Gasteiger partial charge in [0.2, 0.25) is 5.91 Å². The molecule has 0 bridgehead atoms. The van der Waals surface area contributed by atoms with Crippen LogP contribution < -0.4 is 10.1 Å². The Labute approximate surface area is 156 Å². The number of nitrogens with one attached hydrogen (secondary N) is 1. The molecule has 1 amide bonds. The Balaban J connectivity index is 1.68. The minimum absolute atomic E-state index is 0.0501. The van der Waals surface area contributed by atoms with Gasteiger partial charge < -0.3 is 10.1 Å². The van der Waals surface area contributed by atoms with E-state index in [4.69, 9.17) is 4.74 Å². The van der Waals surface area contributed by atoms with Crippen molar-refractivity contribution >= 4 is 11.6 Å². The fourth-order valence-electron chi connectivity index (χ4n) is 4.03. The van der Waals surface area contributed by atoms with E-state index in [2.05, 4.69) is 35.3 Å². The van der Waals surface area contributed by atoms with Gasteiger partial charge in [0.15, 0.2) is 0 Å². The van der Waals surface area contributed by atoms with Crippen LogP contribution >= 0.6 is 0 Å². The van der Waals surface area contributed by atoms with E-state index in [-0.39, 0.29) is 11.3 Å². The highest BCUT2D eigenvalue weighted by molar-refractivity contribution is 5.92. The molecule has 3 rings (SSSR count). The number of hydrogen-bond acceptors (Lipinski definition) is 3. The van der Waals surface area contributed by atoms with E-state index in [0.29, 0.717) is 6.54 Å². The van der Waals surface area contributed by atoms with Gasteiger partial charge in [-0.2, -0.15) is 0 Å². The average Bonchev–Trinajstić information content (AvgIpc) is 3.06. The van der Waals surface area contributed by atoms with E-state index in [9.17, 15) is 4.79 Å². The summed E-state index contributed by atoms with van der Waals surface area (Å²) < 4.78 is 5.42. The molecule has 138 valence electrons. The Morgan fingerprint density at radius 3 is 2.73 bits per heavy atom. The lowest BCUT2D eigenvalue weighted by atomic mass is 9.76. The number of nitrogens with zero attached hydrogens (tertiary/aromatic N) is 1. The highest BCUT2D eigenvalue weighted by Gasteiger charge is 2.39. The van der Waals surface area contributed by atoms with Crippen LogP contribution in [0.15, 0.2) is 54.6 Å². The van der Waals surface area contributed by atoms with Crippen LogP contribution in [-0.4, -0.2) is 37.6 Å². The van der Waals surface area contributed by atoms with Crippen LogP contribution in [0.4, 0.5) is 5.69 Å². The second-order valence-electron chi connectivity index (χ2n) is 7.14. The van der Waals surface area contributed by atoms with Crippen LogP contribution in [0.25, 0.3) is 0 Å². The molecule has 4 heteroatoms. The first-order valence-electron chi connectivity index (χ1n) is 9.37. The lowest BCUT2D eigenvalue weighted by Crippen LogP contribution is -2.35. The fourth-order valence-corrected chi connectivity index (χ4v) is 4.03. The summed E-state index contributed by atoms with van der Waals surface area (Å²) in [6.45, 7) is 4.52. The predicted octanol–water partition coefficient (Wildman–Crippen LogP) is 4.08. The molecule has 0 aliphatic carbocycles. The number of ether oxygens (including phenoxy) is 1. The number of para-hydroxylation sites is 1. The first kappa shape index (κ1) is 18.5. The van der Waals surface area contributed by atoms with E-state index in [1.807, 2.05) is 36.4 Å². The minimum atomic E-state index is 0.0501. The van der Waals surface area contributed by atoms with Crippen molar-refractivity contribution in [3.63, 3.8) is 0 Å². The van der Waals surface area contributed by atoms with Crippen molar-refractivity contribution < 1.29 is 9.53 Å². The van der Waals surface area contributed by atoms with Crippen LogP contribution in [0.2, 0.25) is 0 Å². The summed E-state index contributed by atoms with van der Waals surface area (Å²) >= 11 is 0. The topological polar surface area (TPSA) is 41.6 Å². The molecule has 0 spiro atoms. The van der Waals surface area contributed by atoms with Crippen LogP contribution in [-0.2, 0) is 10.2 Å². The molecule has 2 aromatic rings. The van der Waals surface area contributed by atoms with Crippen LogP contribution in [0.1, 0.15) is 31.7 Å². The lowest BCUT2D eigenvalue weighted by molar-refractivity contribution is -0.117. The SMILES string of the molecule is CCCC1(c2cccc(OC)c2)CCN(CC(=O)Nc2ccccc2)C1. The summed E-state index contributed by atoms with van der Waals surface area (Å²) in [5.74, 6) is 0.951. The Kier molecular flexibility index (Phi) is 5.94. The molecule has 4 nitrogen and oxygen atoms in total. The van der Waals surface area contributed by atoms with Gasteiger partial charge in [0.1, 0.15) is 5.75 Å². The number of anilines is 1. The van der Waals surface area contributed by atoms with E-state index in [0.717, 1.165) is 43.8 Å². The zero-order chi connectivity index (χ0) is 18.4. The molecule has 1 saturated heterocycles. The normalized spacial score (nSPS) is 20.1. The summed E-state index contributed by atoms with van der Waals surface area (Å²) in [5, 5.41) is 2.99. The van der Waals surface area contributed by atoms with Gasteiger partial charge >= 0.3 is 0 Å². The molecule has 0 radical (unpaired) electrons. The number of amides is 1. The van der Waals surface area contributed by atoms with Crippen molar-refractivity contribution in [3.8, 4) is 5.75 Å². The first-order valence-corrected chi connectivity index (χ1v) is 9.37. The molecule has 1 atom stereocenters. The van der Waals surface area contributed by atoms with Gasteiger partial charge in [0.05, 0.1) is 13.7 Å². The Hall–Kier alpha value is -2.33. The van der Waals surface area contributed by atoms with Gasteiger partial charge in [0.25, 0.3) is 0 Å². The summed E-state index contributed by atoms with van der Waals surface area (Å²) in [6, 6.07) is 18.1. The maximum atomic E-state index is 12.4. The summed E-state index contributed by atoms with van der Waals surface area (Å²) in [7, 11) is 1.71. The van der Waals surface area contributed by atoms with Gasteiger partial charge in [-0.3, -0.25) is 9.69 Å². The highest BCUT2D eigenvalue weighted by atomic mass is 16.5.